The van der Waals surface area contributed by atoms with Crippen LogP contribution in [0.2, 0.25) is 0 Å². The summed E-state index contributed by atoms with van der Waals surface area (Å²) in [7, 11) is 0. The van der Waals surface area contributed by atoms with Crippen LogP contribution in [0.1, 0.15) is 43.6 Å². The molecule has 0 amide bonds. The normalized spacial score (nSPS) is 31.2. The maximum Gasteiger partial charge on any atom is 0.0588 e. The van der Waals surface area contributed by atoms with Crippen molar-refractivity contribution in [3.8, 4) is 0 Å². The molecule has 2 nitrogen and oxygen atoms in total. The van der Waals surface area contributed by atoms with E-state index in [1.165, 1.54) is 37.7 Å². The molecule has 2 aliphatic rings. The van der Waals surface area contributed by atoms with Crippen LogP contribution in [0.4, 0.5) is 0 Å². The van der Waals surface area contributed by atoms with Gasteiger partial charge in [-0.15, -0.1) is 0 Å². The van der Waals surface area contributed by atoms with Gasteiger partial charge >= 0.3 is 0 Å². The fourth-order valence-corrected chi connectivity index (χ4v) is 3.10. The molecule has 0 bridgehead atoms. The van der Waals surface area contributed by atoms with Crippen molar-refractivity contribution < 1.29 is 4.74 Å². The molecule has 0 radical (unpaired) electrons. The Balaban J connectivity index is 1.33. The molecule has 1 aromatic rings. The highest BCUT2D eigenvalue weighted by Gasteiger charge is 2.29. The number of hydrogen-bond acceptors (Lipinski definition) is 2. The van der Waals surface area contributed by atoms with Crippen molar-refractivity contribution in [1.29, 1.82) is 0 Å². The Bertz CT molecular complexity index is 353. The molecule has 1 unspecified atom stereocenters. The minimum absolute atomic E-state index is 0.530. The van der Waals surface area contributed by atoms with Gasteiger partial charge in [0, 0.05) is 12.6 Å². The lowest BCUT2D eigenvalue weighted by Crippen LogP contribution is -2.41. The molecule has 2 fully saturated rings. The highest BCUT2D eigenvalue weighted by atomic mass is 16.5. The summed E-state index contributed by atoms with van der Waals surface area (Å²) in [5, 5.41) is 3.67. The molecular formula is C16H23NO. The van der Waals surface area contributed by atoms with Gasteiger partial charge in [0.15, 0.2) is 0 Å². The average Bonchev–Trinajstić information content (AvgIpc) is 2.86. The molecule has 98 valence electrons. The highest BCUT2D eigenvalue weighted by molar-refractivity contribution is 5.22. The van der Waals surface area contributed by atoms with Gasteiger partial charge in [-0.3, -0.25) is 0 Å². The van der Waals surface area contributed by atoms with E-state index in [2.05, 4.69) is 35.6 Å². The standard InChI is InChI=1S/C16H23NO/c1-2-5-13(6-3-1)14-11-15(12-14)17-9-8-16-7-4-10-18-16/h1-3,5-6,14-17H,4,7-12H2. The van der Waals surface area contributed by atoms with E-state index in [0.29, 0.717) is 6.10 Å². The van der Waals surface area contributed by atoms with Crippen LogP contribution in [0, 0.1) is 0 Å². The van der Waals surface area contributed by atoms with E-state index in [-0.39, 0.29) is 0 Å². The van der Waals surface area contributed by atoms with Crippen molar-refractivity contribution in [2.75, 3.05) is 13.2 Å². The quantitative estimate of drug-likeness (QED) is 0.860. The summed E-state index contributed by atoms with van der Waals surface area (Å²) in [5.41, 5.74) is 1.51. The zero-order valence-corrected chi connectivity index (χ0v) is 11.0. The van der Waals surface area contributed by atoms with Crippen molar-refractivity contribution in [3.05, 3.63) is 35.9 Å². The largest absolute Gasteiger partial charge is 0.378 e. The Morgan fingerprint density at radius 1 is 1.17 bits per heavy atom. The molecule has 2 heteroatoms. The van der Waals surface area contributed by atoms with E-state index < -0.39 is 0 Å². The molecule has 0 aromatic heterocycles. The zero-order valence-electron chi connectivity index (χ0n) is 11.0. The van der Waals surface area contributed by atoms with E-state index in [1.807, 2.05) is 0 Å². The van der Waals surface area contributed by atoms with Crippen LogP contribution in [-0.4, -0.2) is 25.3 Å². The smallest absolute Gasteiger partial charge is 0.0588 e. The lowest BCUT2D eigenvalue weighted by Gasteiger charge is -2.36. The van der Waals surface area contributed by atoms with Gasteiger partial charge in [-0.1, -0.05) is 30.3 Å². The number of hydrogen-bond donors (Lipinski definition) is 1. The van der Waals surface area contributed by atoms with E-state index >= 15 is 0 Å². The minimum atomic E-state index is 0.530. The Morgan fingerprint density at radius 3 is 2.72 bits per heavy atom. The van der Waals surface area contributed by atoms with Crippen molar-refractivity contribution >= 4 is 0 Å². The molecular weight excluding hydrogens is 222 g/mol. The first-order valence-corrected chi connectivity index (χ1v) is 7.32. The van der Waals surface area contributed by atoms with Crippen molar-refractivity contribution in [1.82, 2.24) is 5.32 Å². The summed E-state index contributed by atoms with van der Waals surface area (Å²) in [5.74, 6) is 0.784. The van der Waals surface area contributed by atoms with Crippen LogP contribution in [0.5, 0.6) is 0 Å². The van der Waals surface area contributed by atoms with Gasteiger partial charge in [0.1, 0.15) is 0 Å². The van der Waals surface area contributed by atoms with Crippen LogP contribution in [0.15, 0.2) is 30.3 Å². The van der Waals surface area contributed by atoms with E-state index in [0.717, 1.165) is 25.1 Å². The van der Waals surface area contributed by atoms with Crippen LogP contribution in [0.25, 0.3) is 0 Å². The van der Waals surface area contributed by atoms with Gasteiger partial charge in [0.25, 0.3) is 0 Å². The lowest BCUT2D eigenvalue weighted by atomic mass is 9.76. The summed E-state index contributed by atoms with van der Waals surface area (Å²) in [6, 6.07) is 11.6. The van der Waals surface area contributed by atoms with Crippen LogP contribution >= 0.6 is 0 Å². The van der Waals surface area contributed by atoms with Gasteiger partial charge in [-0.05, 0) is 50.1 Å². The van der Waals surface area contributed by atoms with Crippen LogP contribution < -0.4 is 5.32 Å². The molecule has 0 spiro atoms. The predicted molar refractivity (Wildman–Crippen MR) is 73.8 cm³/mol. The van der Waals surface area contributed by atoms with Crippen molar-refractivity contribution in [2.24, 2.45) is 0 Å². The lowest BCUT2D eigenvalue weighted by molar-refractivity contribution is 0.102. The molecule has 1 heterocycles. The molecule has 1 aliphatic carbocycles. The number of rotatable bonds is 5. The molecule has 18 heavy (non-hydrogen) atoms. The van der Waals surface area contributed by atoms with Crippen molar-refractivity contribution in [2.45, 2.75) is 50.2 Å². The second-order valence-corrected chi connectivity index (χ2v) is 5.65. The van der Waals surface area contributed by atoms with E-state index in [4.69, 9.17) is 4.74 Å². The monoisotopic (exact) mass is 245 g/mol. The van der Waals surface area contributed by atoms with E-state index in [9.17, 15) is 0 Å². The third-order valence-electron chi connectivity index (χ3n) is 4.33. The summed E-state index contributed by atoms with van der Waals surface area (Å²) in [6.07, 6.45) is 6.84. The summed E-state index contributed by atoms with van der Waals surface area (Å²) in [6.45, 7) is 2.10. The SMILES string of the molecule is c1ccc(C2CC(NCCC3CCCO3)C2)cc1. The number of benzene rings is 1. The first-order valence-electron chi connectivity index (χ1n) is 7.32. The third kappa shape index (κ3) is 2.93. The van der Waals surface area contributed by atoms with Crippen molar-refractivity contribution in [3.63, 3.8) is 0 Å². The molecule has 1 atom stereocenters. The minimum Gasteiger partial charge on any atom is -0.378 e. The Morgan fingerprint density at radius 2 is 2.00 bits per heavy atom. The van der Waals surface area contributed by atoms with Gasteiger partial charge in [0.2, 0.25) is 0 Å². The number of ether oxygens (including phenoxy) is 1. The van der Waals surface area contributed by atoms with Gasteiger partial charge in [-0.25, -0.2) is 0 Å². The molecule has 3 rings (SSSR count). The third-order valence-corrected chi connectivity index (χ3v) is 4.33. The maximum absolute atomic E-state index is 5.64. The Labute approximate surface area is 110 Å². The molecule has 1 aliphatic heterocycles. The van der Waals surface area contributed by atoms with E-state index in [1.54, 1.807) is 0 Å². The highest BCUT2D eigenvalue weighted by Crippen LogP contribution is 2.36. The first-order chi connectivity index (χ1) is 8.92. The fraction of sp³-hybridized carbons (Fsp3) is 0.625. The van der Waals surface area contributed by atoms with Crippen LogP contribution in [-0.2, 0) is 4.74 Å². The zero-order chi connectivity index (χ0) is 12.2. The second-order valence-electron chi connectivity index (χ2n) is 5.65. The topological polar surface area (TPSA) is 21.3 Å². The number of nitrogens with one attached hydrogen (secondary N) is 1. The predicted octanol–water partition coefficient (Wildman–Crippen LogP) is 3.09. The van der Waals surface area contributed by atoms with Crippen LogP contribution in [0.3, 0.4) is 0 Å². The summed E-state index contributed by atoms with van der Waals surface area (Å²) < 4.78 is 5.64. The fourth-order valence-electron chi connectivity index (χ4n) is 3.10. The molecule has 1 saturated heterocycles. The Hall–Kier alpha value is -0.860. The first kappa shape index (κ1) is 12.2. The molecule has 1 N–H and O–H groups in total. The molecule has 1 saturated carbocycles. The summed E-state index contributed by atoms with van der Waals surface area (Å²) >= 11 is 0. The maximum atomic E-state index is 5.64. The molecule has 1 aromatic carbocycles. The average molecular weight is 245 g/mol. The second kappa shape index (κ2) is 5.85. The van der Waals surface area contributed by atoms with Gasteiger partial charge < -0.3 is 10.1 Å². The Kier molecular flexibility index (Phi) is 3.96. The van der Waals surface area contributed by atoms with Gasteiger partial charge in [-0.2, -0.15) is 0 Å². The summed E-state index contributed by atoms with van der Waals surface area (Å²) in [4.78, 5) is 0. The van der Waals surface area contributed by atoms with Gasteiger partial charge in [0.05, 0.1) is 6.10 Å².